The highest BCUT2D eigenvalue weighted by Crippen LogP contribution is 2.32. The standard InChI is InChI=1S/C14H17NO5/c16-13(17)4-2-1-3-7-15-14(18)10-5-6-11-12(8-10)20-9-19-11/h5-6,8H,1-4,7,9H2,(H,15,18)(H,16,17). The normalized spacial score (nSPS) is 12.2. The third-order valence-electron chi connectivity index (χ3n) is 2.99. The number of carbonyl (C=O) groups excluding carboxylic acids is 1. The molecule has 0 saturated carbocycles. The molecule has 0 radical (unpaired) electrons. The first-order chi connectivity index (χ1) is 9.66. The van der Waals surface area contributed by atoms with E-state index in [0.29, 0.717) is 30.0 Å². The van der Waals surface area contributed by atoms with E-state index in [2.05, 4.69) is 5.32 Å². The third kappa shape index (κ3) is 3.88. The van der Waals surface area contributed by atoms with Crippen LogP contribution in [0.4, 0.5) is 0 Å². The van der Waals surface area contributed by atoms with Crippen molar-refractivity contribution in [1.82, 2.24) is 5.32 Å². The van der Waals surface area contributed by atoms with Crippen LogP contribution in [0.15, 0.2) is 18.2 Å². The summed E-state index contributed by atoms with van der Waals surface area (Å²) in [6.45, 7) is 0.719. The van der Waals surface area contributed by atoms with Crippen LogP contribution in [-0.2, 0) is 4.79 Å². The van der Waals surface area contributed by atoms with E-state index in [1.807, 2.05) is 0 Å². The van der Waals surface area contributed by atoms with Gasteiger partial charge in [-0.2, -0.15) is 0 Å². The molecule has 0 fully saturated rings. The van der Waals surface area contributed by atoms with E-state index in [1.54, 1.807) is 18.2 Å². The van der Waals surface area contributed by atoms with Gasteiger partial charge in [-0.25, -0.2) is 0 Å². The molecule has 1 amide bonds. The van der Waals surface area contributed by atoms with Gasteiger partial charge in [-0.1, -0.05) is 6.42 Å². The van der Waals surface area contributed by atoms with Crippen molar-refractivity contribution in [2.75, 3.05) is 13.3 Å². The highest BCUT2D eigenvalue weighted by atomic mass is 16.7. The van der Waals surface area contributed by atoms with Crippen molar-refractivity contribution in [3.05, 3.63) is 23.8 Å². The van der Waals surface area contributed by atoms with Crippen molar-refractivity contribution in [3.63, 3.8) is 0 Å². The molecule has 1 aromatic carbocycles. The number of unbranched alkanes of at least 4 members (excludes halogenated alkanes) is 2. The van der Waals surface area contributed by atoms with Crippen LogP contribution in [0.5, 0.6) is 11.5 Å². The molecule has 0 aromatic heterocycles. The zero-order valence-electron chi connectivity index (χ0n) is 11.1. The van der Waals surface area contributed by atoms with Crippen LogP contribution in [0, 0.1) is 0 Å². The summed E-state index contributed by atoms with van der Waals surface area (Å²) in [7, 11) is 0. The first kappa shape index (κ1) is 14.2. The predicted molar refractivity (Wildman–Crippen MR) is 71.0 cm³/mol. The summed E-state index contributed by atoms with van der Waals surface area (Å²) in [6, 6.07) is 5.06. The van der Waals surface area contributed by atoms with Gasteiger partial charge in [0.2, 0.25) is 6.79 Å². The molecule has 6 nitrogen and oxygen atoms in total. The van der Waals surface area contributed by atoms with Gasteiger partial charge < -0.3 is 19.9 Å². The number of hydrogen-bond acceptors (Lipinski definition) is 4. The van der Waals surface area contributed by atoms with E-state index in [0.717, 1.165) is 12.8 Å². The lowest BCUT2D eigenvalue weighted by Crippen LogP contribution is -2.24. The maximum Gasteiger partial charge on any atom is 0.303 e. The number of fused-ring (bicyclic) bond motifs is 1. The van der Waals surface area contributed by atoms with Crippen LogP contribution >= 0.6 is 0 Å². The number of nitrogens with one attached hydrogen (secondary N) is 1. The quantitative estimate of drug-likeness (QED) is 0.743. The lowest BCUT2D eigenvalue weighted by atomic mass is 10.1. The Morgan fingerprint density at radius 1 is 1.15 bits per heavy atom. The van der Waals surface area contributed by atoms with Gasteiger partial charge in [0.15, 0.2) is 11.5 Å². The summed E-state index contributed by atoms with van der Waals surface area (Å²) in [5.74, 6) is 0.283. The van der Waals surface area contributed by atoms with Gasteiger partial charge in [0, 0.05) is 18.5 Å². The van der Waals surface area contributed by atoms with Gasteiger partial charge >= 0.3 is 5.97 Å². The fourth-order valence-corrected chi connectivity index (χ4v) is 1.92. The molecule has 1 aliphatic rings. The van der Waals surface area contributed by atoms with Crippen LogP contribution < -0.4 is 14.8 Å². The molecule has 0 saturated heterocycles. The Labute approximate surface area is 116 Å². The number of hydrogen-bond donors (Lipinski definition) is 2. The summed E-state index contributed by atoms with van der Waals surface area (Å²) in [5.41, 5.74) is 0.528. The summed E-state index contributed by atoms with van der Waals surface area (Å²) in [5, 5.41) is 11.3. The summed E-state index contributed by atoms with van der Waals surface area (Å²) in [4.78, 5) is 22.2. The number of carbonyl (C=O) groups is 2. The second kappa shape index (κ2) is 6.79. The molecule has 2 rings (SSSR count). The first-order valence-electron chi connectivity index (χ1n) is 6.56. The zero-order valence-corrected chi connectivity index (χ0v) is 11.1. The van der Waals surface area contributed by atoms with Crippen molar-refractivity contribution in [3.8, 4) is 11.5 Å². The molecule has 0 unspecified atom stereocenters. The van der Waals surface area contributed by atoms with E-state index in [1.165, 1.54) is 0 Å². The van der Waals surface area contributed by atoms with Crippen LogP contribution in [0.25, 0.3) is 0 Å². The topological polar surface area (TPSA) is 84.9 Å². The molecule has 1 heterocycles. The van der Waals surface area contributed by atoms with E-state index in [-0.39, 0.29) is 19.1 Å². The van der Waals surface area contributed by atoms with Crippen molar-refractivity contribution in [2.45, 2.75) is 25.7 Å². The zero-order chi connectivity index (χ0) is 14.4. The van der Waals surface area contributed by atoms with Gasteiger partial charge in [0.05, 0.1) is 0 Å². The molecule has 108 valence electrons. The predicted octanol–water partition coefficient (Wildman–Crippen LogP) is 1.79. The molecule has 0 spiro atoms. The van der Waals surface area contributed by atoms with Crippen LogP contribution in [-0.4, -0.2) is 30.3 Å². The molecule has 20 heavy (non-hydrogen) atoms. The third-order valence-corrected chi connectivity index (χ3v) is 2.99. The number of rotatable bonds is 7. The molecule has 1 aromatic rings. The smallest absolute Gasteiger partial charge is 0.303 e. The minimum Gasteiger partial charge on any atom is -0.481 e. The molecule has 0 bridgehead atoms. The summed E-state index contributed by atoms with van der Waals surface area (Å²) >= 11 is 0. The Morgan fingerprint density at radius 3 is 2.75 bits per heavy atom. The van der Waals surface area contributed by atoms with E-state index in [9.17, 15) is 9.59 Å². The van der Waals surface area contributed by atoms with Gasteiger partial charge in [-0.3, -0.25) is 9.59 Å². The number of carboxylic acids is 1. The van der Waals surface area contributed by atoms with E-state index in [4.69, 9.17) is 14.6 Å². The fraction of sp³-hybridized carbons (Fsp3) is 0.429. The van der Waals surface area contributed by atoms with Crippen LogP contribution in [0.1, 0.15) is 36.0 Å². The van der Waals surface area contributed by atoms with Crippen molar-refractivity contribution < 1.29 is 24.2 Å². The summed E-state index contributed by atoms with van der Waals surface area (Å²) in [6.07, 6.45) is 2.36. The average Bonchev–Trinajstić information content (AvgIpc) is 2.89. The van der Waals surface area contributed by atoms with Gasteiger partial charge in [-0.05, 0) is 31.0 Å². The van der Waals surface area contributed by atoms with Crippen molar-refractivity contribution >= 4 is 11.9 Å². The first-order valence-corrected chi connectivity index (χ1v) is 6.56. The molecule has 2 N–H and O–H groups in total. The SMILES string of the molecule is O=C(O)CCCCCNC(=O)c1ccc2c(c1)OCO2. The lowest BCUT2D eigenvalue weighted by molar-refractivity contribution is -0.137. The average molecular weight is 279 g/mol. The number of ether oxygens (including phenoxy) is 2. The maximum atomic E-state index is 11.9. The highest BCUT2D eigenvalue weighted by molar-refractivity contribution is 5.94. The molecule has 6 heteroatoms. The summed E-state index contributed by atoms with van der Waals surface area (Å²) < 4.78 is 10.4. The molecular weight excluding hydrogens is 262 g/mol. The largest absolute Gasteiger partial charge is 0.481 e. The van der Waals surface area contributed by atoms with E-state index < -0.39 is 5.97 Å². The van der Waals surface area contributed by atoms with Crippen molar-refractivity contribution in [1.29, 1.82) is 0 Å². The second-order valence-electron chi connectivity index (χ2n) is 4.53. The molecule has 0 atom stereocenters. The number of benzene rings is 1. The van der Waals surface area contributed by atoms with Gasteiger partial charge in [0.25, 0.3) is 5.91 Å². The minimum atomic E-state index is -0.783. The number of aliphatic carboxylic acids is 1. The van der Waals surface area contributed by atoms with Crippen molar-refractivity contribution in [2.24, 2.45) is 0 Å². The minimum absolute atomic E-state index is 0.165. The molecule has 1 aliphatic heterocycles. The number of carboxylic acid groups (broad SMARTS) is 1. The Bertz CT molecular complexity index is 500. The van der Waals surface area contributed by atoms with Gasteiger partial charge in [0.1, 0.15) is 0 Å². The fourth-order valence-electron chi connectivity index (χ4n) is 1.92. The molecular formula is C14H17NO5. The van der Waals surface area contributed by atoms with E-state index >= 15 is 0 Å². The monoisotopic (exact) mass is 279 g/mol. The Hall–Kier alpha value is -2.24. The van der Waals surface area contributed by atoms with Gasteiger partial charge in [-0.15, -0.1) is 0 Å². The Balaban J connectivity index is 1.71. The molecule has 0 aliphatic carbocycles. The van der Waals surface area contributed by atoms with Crippen LogP contribution in [0.2, 0.25) is 0 Å². The Morgan fingerprint density at radius 2 is 1.95 bits per heavy atom. The Kier molecular flexibility index (Phi) is 4.81. The highest BCUT2D eigenvalue weighted by Gasteiger charge is 2.15. The second-order valence-corrected chi connectivity index (χ2v) is 4.53. The number of amides is 1. The lowest BCUT2D eigenvalue weighted by Gasteiger charge is -2.05. The van der Waals surface area contributed by atoms with Crippen LogP contribution in [0.3, 0.4) is 0 Å². The maximum absolute atomic E-state index is 11.9.